The van der Waals surface area contributed by atoms with Gasteiger partial charge in [-0.25, -0.2) is 9.78 Å². The molecule has 0 amide bonds. The van der Waals surface area contributed by atoms with Gasteiger partial charge in [0, 0.05) is 35.0 Å². The van der Waals surface area contributed by atoms with Crippen LogP contribution < -0.4 is 11.0 Å². The van der Waals surface area contributed by atoms with E-state index in [1.165, 1.54) is 4.57 Å². The van der Waals surface area contributed by atoms with Gasteiger partial charge in [-0.15, -0.1) is 0 Å². The Morgan fingerprint density at radius 3 is 2.45 bits per heavy atom. The van der Waals surface area contributed by atoms with Crippen LogP contribution in [0, 0.1) is 0 Å². The van der Waals surface area contributed by atoms with Gasteiger partial charge in [-0.1, -0.05) is 41.9 Å². The topological polar surface area (TPSA) is 105 Å². The molecule has 0 atom stereocenters. The first kappa shape index (κ1) is 20.6. The normalized spacial score (nSPS) is 11.2. The zero-order valence-corrected chi connectivity index (χ0v) is 17.5. The first-order valence-electron chi connectivity index (χ1n) is 9.55. The second-order valence-electron chi connectivity index (χ2n) is 7.38. The number of rotatable bonds is 4. The molecular formula is C23H18ClN3O4. The van der Waals surface area contributed by atoms with E-state index in [1.54, 1.807) is 18.3 Å². The third kappa shape index (κ3) is 3.75. The number of aromatic amines is 1. The summed E-state index contributed by atoms with van der Waals surface area (Å²) in [6.45, 7) is 3.74. The van der Waals surface area contributed by atoms with Gasteiger partial charge in [0.05, 0.1) is 11.1 Å². The molecule has 0 aliphatic rings. The lowest BCUT2D eigenvalue weighted by Crippen LogP contribution is -2.21. The van der Waals surface area contributed by atoms with E-state index in [0.717, 1.165) is 11.6 Å². The number of aromatic carboxylic acids is 1. The van der Waals surface area contributed by atoms with Gasteiger partial charge in [-0.2, -0.15) is 0 Å². The molecule has 1 aromatic carbocycles. The molecule has 4 rings (SSSR count). The number of hydrogen-bond acceptors (Lipinski definition) is 4. The van der Waals surface area contributed by atoms with Crippen molar-refractivity contribution in [3.8, 4) is 22.4 Å². The Bertz CT molecular complexity index is 1440. The van der Waals surface area contributed by atoms with Crippen LogP contribution >= 0.6 is 11.6 Å². The fourth-order valence-corrected chi connectivity index (χ4v) is 3.63. The van der Waals surface area contributed by atoms with Crippen LogP contribution in [0.1, 0.15) is 30.4 Å². The highest BCUT2D eigenvalue weighted by Crippen LogP contribution is 2.33. The average Bonchev–Trinajstić information content (AvgIpc) is 2.75. The van der Waals surface area contributed by atoms with Crippen molar-refractivity contribution < 1.29 is 9.90 Å². The fourth-order valence-electron chi connectivity index (χ4n) is 3.42. The van der Waals surface area contributed by atoms with E-state index < -0.39 is 11.4 Å². The Morgan fingerprint density at radius 1 is 1.10 bits per heavy atom. The van der Waals surface area contributed by atoms with E-state index in [-0.39, 0.29) is 33.4 Å². The van der Waals surface area contributed by atoms with E-state index >= 15 is 0 Å². The van der Waals surface area contributed by atoms with Crippen LogP contribution in [0.25, 0.3) is 33.4 Å². The molecule has 0 fully saturated rings. The summed E-state index contributed by atoms with van der Waals surface area (Å²) in [6, 6.07) is 13.4. The highest BCUT2D eigenvalue weighted by molar-refractivity contribution is 6.30. The van der Waals surface area contributed by atoms with Crippen molar-refractivity contribution in [2.45, 2.75) is 19.9 Å². The number of hydrogen-bond donors (Lipinski definition) is 2. The van der Waals surface area contributed by atoms with Gasteiger partial charge in [0.15, 0.2) is 5.43 Å². The Balaban J connectivity index is 2.10. The Morgan fingerprint density at radius 2 is 1.81 bits per heavy atom. The molecule has 0 spiro atoms. The summed E-state index contributed by atoms with van der Waals surface area (Å²) >= 11 is 6.23. The number of carbonyl (C=O) groups is 1. The predicted octanol–water partition coefficient (Wildman–Crippen LogP) is 4.35. The van der Waals surface area contributed by atoms with Gasteiger partial charge in [0.2, 0.25) is 0 Å². The third-order valence-electron chi connectivity index (χ3n) is 4.96. The summed E-state index contributed by atoms with van der Waals surface area (Å²) in [5, 5.41) is 9.57. The third-order valence-corrected chi connectivity index (χ3v) is 5.23. The Hall–Kier alpha value is -3.71. The van der Waals surface area contributed by atoms with Gasteiger partial charge in [-0.05, 0) is 26.0 Å². The molecule has 0 aliphatic carbocycles. The zero-order chi connectivity index (χ0) is 22.3. The molecule has 2 N–H and O–H groups in total. The summed E-state index contributed by atoms with van der Waals surface area (Å²) in [4.78, 5) is 43.7. The molecular weight excluding hydrogens is 418 g/mol. The summed E-state index contributed by atoms with van der Waals surface area (Å²) in [7, 11) is 0. The summed E-state index contributed by atoms with van der Waals surface area (Å²) in [6.07, 6.45) is 1.69. The van der Waals surface area contributed by atoms with E-state index in [9.17, 15) is 19.5 Å². The van der Waals surface area contributed by atoms with Crippen LogP contribution in [0.4, 0.5) is 0 Å². The smallest absolute Gasteiger partial charge is 0.352 e. The summed E-state index contributed by atoms with van der Waals surface area (Å²) in [5.41, 5.74) is 1.65. The van der Waals surface area contributed by atoms with Gasteiger partial charge in [0.25, 0.3) is 5.56 Å². The quantitative estimate of drug-likeness (QED) is 0.495. The standard InChI is InChI=1S/C23H18ClN3O4/c1-12(2)27-11-14(8-17(24)22(27)29)15-9-16-19(28)10-18(23(30)31)25-21(16)26-20(15)13-6-4-3-5-7-13/h3-12H,1-2H3,(H,30,31)(H,25,26,28). The van der Waals surface area contributed by atoms with Gasteiger partial charge >= 0.3 is 5.97 Å². The number of pyridine rings is 3. The highest BCUT2D eigenvalue weighted by atomic mass is 35.5. The number of halogens is 1. The molecule has 0 radical (unpaired) electrons. The van der Waals surface area contributed by atoms with Crippen molar-refractivity contribution in [2.75, 3.05) is 0 Å². The van der Waals surface area contributed by atoms with E-state index in [0.29, 0.717) is 16.8 Å². The number of nitrogens with one attached hydrogen (secondary N) is 1. The minimum atomic E-state index is -1.25. The minimum absolute atomic E-state index is 0.0560. The van der Waals surface area contributed by atoms with Crippen molar-refractivity contribution in [1.82, 2.24) is 14.5 Å². The molecule has 3 heterocycles. The minimum Gasteiger partial charge on any atom is -0.477 e. The molecule has 8 heteroatoms. The van der Waals surface area contributed by atoms with Crippen LogP contribution in [-0.2, 0) is 0 Å². The van der Waals surface area contributed by atoms with Crippen LogP contribution in [0.3, 0.4) is 0 Å². The van der Waals surface area contributed by atoms with Crippen LogP contribution in [0.2, 0.25) is 5.02 Å². The Kier molecular flexibility index (Phi) is 5.20. The van der Waals surface area contributed by atoms with E-state index in [2.05, 4.69) is 9.97 Å². The second kappa shape index (κ2) is 7.85. The van der Waals surface area contributed by atoms with E-state index in [1.807, 2.05) is 44.2 Å². The lowest BCUT2D eigenvalue weighted by molar-refractivity contribution is 0.0690. The molecule has 0 bridgehead atoms. The van der Waals surface area contributed by atoms with Crippen LogP contribution in [-0.4, -0.2) is 25.6 Å². The van der Waals surface area contributed by atoms with Crippen molar-refractivity contribution in [3.05, 3.63) is 86.0 Å². The van der Waals surface area contributed by atoms with Gasteiger partial charge in [0.1, 0.15) is 16.4 Å². The maximum atomic E-state index is 12.6. The first-order chi connectivity index (χ1) is 14.8. The maximum Gasteiger partial charge on any atom is 0.352 e. The molecule has 7 nitrogen and oxygen atoms in total. The Labute approximate surface area is 181 Å². The molecule has 0 unspecified atom stereocenters. The number of fused-ring (bicyclic) bond motifs is 1. The lowest BCUT2D eigenvalue weighted by atomic mass is 9.99. The number of benzene rings is 1. The maximum absolute atomic E-state index is 12.6. The fraction of sp³-hybridized carbons (Fsp3) is 0.130. The second-order valence-corrected chi connectivity index (χ2v) is 7.79. The zero-order valence-electron chi connectivity index (χ0n) is 16.7. The molecule has 0 aliphatic heterocycles. The highest BCUT2D eigenvalue weighted by Gasteiger charge is 2.17. The predicted molar refractivity (Wildman–Crippen MR) is 120 cm³/mol. The number of nitrogens with zero attached hydrogens (tertiary/aromatic N) is 2. The van der Waals surface area contributed by atoms with Crippen LogP contribution in [0.5, 0.6) is 0 Å². The summed E-state index contributed by atoms with van der Waals surface area (Å²) < 4.78 is 1.52. The lowest BCUT2D eigenvalue weighted by Gasteiger charge is -2.16. The molecule has 3 aromatic heterocycles. The van der Waals surface area contributed by atoms with Crippen molar-refractivity contribution in [2.24, 2.45) is 0 Å². The van der Waals surface area contributed by atoms with Crippen molar-refractivity contribution in [1.29, 1.82) is 0 Å². The number of aromatic nitrogens is 3. The SMILES string of the molecule is CC(C)n1cc(-c2cc3c(=O)cc(C(=O)O)[nH]c3nc2-c2ccccc2)cc(Cl)c1=O. The number of carboxylic acid groups (broad SMARTS) is 1. The molecule has 156 valence electrons. The number of carboxylic acids is 1. The summed E-state index contributed by atoms with van der Waals surface area (Å²) in [5.74, 6) is -1.25. The molecule has 0 saturated heterocycles. The largest absolute Gasteiger partial charge is 0.477 e. The molecule has 4 aromatic rings. The van der Waals surface area contributed by atoms with E-state index in [4.69, 9.17) is 11.6 Å². The van der Waals surface area contributed by atoms with Crippen molar-refractivity contribution in [3.63, 3.8) is 0 Å². The van der Waals surface area contributed by atoms with Crippen LogP contribution in [0.15, 0.2) is 64.3 Å². The van der Waals surface area contributed by atoms with Crippen molar-refractivity contribution >= 4 is 28.6 Å². The van der Waals surface area contributed by atoms with Gasteiger partial charge < -0.3 is 14.7 Å². The number of H-pyrrole nitrogens is 1. The molecule has 0 saturated carbocycles. The monoisotopic (exact) mass is 435 g/mol. The average molecular weight is 436 g/mol. The van der Waals surface area contributed by atoms with Gasteiger partial charge in [-0.3, -0.25) is 9.59 Å². The molecule has 31 heavy (non-hydrogen) atoms. The first-order valence-corrected chi connectivity index (χ1v) is 9.93.